The van der Waals surface area contributed by atoms with Crippen molar-refractivity contribution >= 4 is 27.5 Å². The Balaban J connectivity index is 3.00. The number of nitrogens with zero attached hydrogens (tertiary/aromatic N) is 1. The van der Waals surface area contributed by atoms with E-state index in [-0.39, 0.29) is 15.3 Å². The third-order valence-corrected chi connectivity index (χ3v) is 6.80. The highest BCUT2D eigenvalue weighted by molar-refractivity contribution is 8.00. The summed E-state index contributed by atoms with van der Waals surface area (Å²) in [6.07, 6.45) is 3.73. The minimum absolute atomic E-state index is 0.0173. The van der Waals surface area contributed by atoms with Gasteiger partial charge < -0.3 is 5.73 Å². The number of anilines is 1. The summed E-state index contributed by atoms with van der Waals surface area (Å²) in [7, 11) is -3.68. The van der Waals surface area contributed by atoms with Crippen LogP contribution < -0.4 is 10.5 Å². The van der Waals surface area contributed by atoms with Crippen molar-refractivity contribution < 1.29 is 8.42 Å². The largest absolute Gasteiger partial charge is 0.398 e. The fourth-order valence-corrected chi connectivity index (χ4v) is 4.15. The summed E-state index contributed by atoms with van der Waals surface area (Å²) in [5.74, 6) is 0. The number of thioether (sulfide) groups is 1. The van der Waals surface area contributed by atoms with Gasteiger partial charge in [0, 0.05) is 11.3 Å². The Morgan fingerprint density at radius 1 is 1.38 bits per heavy atom. The fraction of sp³-hybridized carbons (Fsp3) is 0.500. The monoisotopic (exact) mass is 327 g/mol. The van der Waals surface area contributed by atoms with Gasteiger partial charge in [0.1, 0.15) is 4.90 Å². The van der Waals surface area contributed by atoms with E-state index < -0.39 is 10.0 Å². The number of nitrogen functional groups attached to an aromatic ring is 1. The maximum absolute atomic E-state index is 12.4. The highest BCUT2D eigenvalue weighted by Gasteiger charge is 2.28. The molecule has 0 atom stereocenters. The van der Waals surface area contributed by atoms with Gasteiger partial charge >= 0.3 is 0 Å². The average molecular weight is 327 g/mol. The molecule has 0 saturated heterocycles. The fourth-order valence-electron chi connectivity index (χ4n) is 2.03. The van der Waals surface area contributed by atoms with Crippen LogP contribution in [-0.2, 0) is 10.0 Å². The van der Waals surface area contributed by atoms with Crippen LogP contribution in [0, 0.1) is 11.3 Å². The summed E-state index contributed by atoms with van der Waals surface area (Å²) in [6, 6.07) is 6.12. The molecule has 21 heavy (non-hydrogen) atoms. The number of rotatable bonds is 7. The Hall–Kier alpha value is -1.23. The highest BCUT2D eigenvalue weighted by atomic mass is 32.2. The van der Waals surface area contributed by atoms with Crippen molar-refractivity contribution in [3.63, 3.8) is 0 Å². The predicted octanol–water partition coefficient (Wildman–Crippen LogP) is 2.34. The number of nitriles is 1. The zero-order valence-electron chi connectivity index (χ0n) is 12.5. The lowest BCUT2D eigenvalue weighted by molar-refractivity contribution is 0.522. The first-order valence-corrected chi connectivity index (χ1v) is 9.39. The molecule has 1 aromatic rings. The van der Waals surface area contributed by atoms with Crippen molar-refractivity contribution in [2.45, 2.75) is 36.3 Å². The first kappa shape index (κ1) is 17.8. The maximum Gasteiger partial charge on any atom is 0.242 e. The molecule has 0 saturated carbocycles. The zero-order chi connectivity index (χ0) is 16.1. The summed E-state index contributed by atoms with van der Waals surface area (Å²) in [5, 5.41) is 8.79. The van der Waals surface area contributed by atoms with Crippen LogP contribution >= 0.6 is 11.8 Å². The molecule has 0 aromatic heterocycles. The van der Waals surface area contributed by atoms with E-state index in [4.69, 9.17) is 11.0 Å². The van der Waals surface area contributed by atoms with Gasteiger partial charge in [0.05, 0.1) is 17.3 Å². The number of nitrogens with one attached hydrogen (secondary N) is 1. The summed E-state index contributed by atoms with van der Waals surface area (Å²) < 4.78 is 27.2. The molecule has 116 valence electrons. The summed E-state index contributed by atoms with van der Waals surface area (Å²) in [6.45, 7) is 4.44. The molecule has 0 bridgehead atoms. The van der Waals surface area contributed by atoms with Gasteiger partial charge in [-0.2, -0.15) is 17.0 Å². The molecule has 1 rings (SSSR count). The van der Waals surface area contributed by atoms with Crippen LogP contribution in [0.2, 0.25) is 0 Å². The topological polar surface area (TPSA) is 96.0 Å². The minimum Gasteiger partial charge on any atom is -0.398 e. The molecular formula is C14H21N3O2S2. The average Bonchev–Trinajstić information content (AvgIpc) is 2.48. The molecule has 7 heteroatoms. The van der Waals surface area contributed by atoms with Gasteiger partial charge in [-0.05, 0) is 37.3 Å². The summed E-state index contributed by atoms with van der Waals surface area (Å²) >= 11 is 1.66. The molecule has 3 N–H and O–H groups in total. The van der Waals surface area contributed by atoms with Gasteiger partial charge in [-0.15, -0.1) is 0 Å². The van der Waals surface area contributed by atoms with E-state index in [1.807, 2.05) is 26.2 Å². The highest BCUT2D eigenvalue weighted by Crippen LogP contribution is 2.30. The van der Waals surface area contributed by atoms with Crippen LogP contribution in [0.5, 0.6) is 0 Å². The van der Waals surface area contributed by atoms with Crippen LogP contribution in [0.1, 0.15) is 32.3 Å². The summed E-state index contributed by atoms with van der Waals surface area (Å²) in [5.41, 5.74) is 6.17. The lowest BCUT2D eigenvalue weighted by atomic mass is 10.0. The predicted molar refractivity (Wildman–Crippen MR) is 87.6 cm³/mol. The second-order valence-corrected chi connectivity index (χ2v) is 7.79. The second-order valence-electron chi connectivity index (χ2n) is 4.78. The van der Waals surface area contributed by atoms with Gasteiger partial charge in [0.2, 0.25) is 10.0 Å². The first-order chi connectivity index (χ1) is 9.84. The maximum atomic E-state index is 12.4. The van der Waals surface area contributed by atoms with Crippen molar-refractivity contribution in [1.82, 2.24) is 4.72 Å². The molecule has 5 nitrogen and oxygen atoms in total. The Bertz CT molecular complexity index is 624. The third-order valence-electron chi connectivity index (χ3n) is 3.73. The van der Waals surface area contributed by atoms with Crippen molar-refractivity contribution in [2.75, 3.05) is 18.5 Å². The number of nitrogens with two attached hydrogens (primary N) is 1. The number of sulfonamides is 1. The normalized spacial score (nSPS) is 12.1. The van der Waals surface area contributed by atoms with E-state index in [0.29, 0.717) is 12.1 Å². The number of hydrogen-bond acceptors (Lipinski definition) is 5. The lowest BCUT2D eigenvalue weighted by Gasteiger charge is -2.29. The van der Waals surface area contributed by atoms with E-state index in [9.17, 15) is 8.42 Å². The van der Waals surface area contributed by atoms with Gasteiger partial charge in [0.15, 0.2) is 0 Å². The standard InChI is InChI=1S/C14H21N3O2S2/c1-4-14(5-2,20-3)10-17-21(18,19)13-7-6-11(9-15)8-12(13)16/h6-8,17H,4-5,10,16H2,1-3H3. The molecular weight excluding hydrogens is 306 g/mol. The van der Waals surface area contributed by atoms with Crippen LogP contribution in [0.4, 0.5) is 5.69 Å². The van der Waals surface area contributed by atoms with Crippen molar-refractivity contribution in [2.24, 2.45) is 0 Å². The molecule has 0 spiro atoms. The molecule has 0 radical (unpaired) electrons. The first-order valence-electron chi connectivity index (χ1n) is 6.68. The van der Waals surface area contributed by atoms with E-state index >= 15 is 0 Å². The van der Waals surface area contributed by atoms with Gasteiger partial charge in [-0.25, -0.2) is 13.1 Å². The second kappa shape index (κ2) is 7.16. The number of benzene rings is 1. The molecule has 0 fully saturated rings. The summed E-state index contributed by atoms with van der Waals surface area (Å²) in [4.78, 5) is 0.0173. The Morgan fingerprint density at radius 3 is 2.43 bits per heavy atom. The van der Waals surface area contributed by atoms with E-state index in [1.54, 1.807) is 11.8 Å². The Morgan fingerprint density at radius 2 is 2.00 bits per heavy atom. The molecule has 0 unspecified atom stereocenters. The van der Waals surface area contributed by atoms with Crippen molar-refractivity contribution in [1.29, 1.82) is 5.26 Å². The lowest BCUT2D eigenvalue weighted by Crippen LogP contribution is -2.39. The van der Waals surface area contributed by atoms with E-state index in [0.717, 1.165) is 12.8 Å². The van der Waals surface area contributed by atoms with Crippen molar-refractivity contribution in [3.8, 4) is 6.07 Å². The SMILES string of the molecule is CCC(CC)(CNS(=O)(=O)c1ccc(C#N)cc1N)SC. The van der Waals surface area contributed by atoms with Gasteiger partial charge in [-0.1, -0.05) is 13.8 Å². The molecule has 0 aliphatic carbocycles. The Labute approximate surface area is 131 Å². The number of hydrogen-bond donors (Lipinski definition) is 2. The molecule has 0 heterocycles. The Kier molecular flexibility index (Phi) is 6.08. The van der Waals surface area contributed by atoms with Crippen molar-refractivity contribution in [3.05, 3.63) is 23.8 Å². The van der Waals surface area contributed by atoms with Crippen LogP contribution in [0.25, 0.3) is 0 Å². The quantitative estimate of drug-likeness (QED) is 0.749. The van der Waals surface area contributed by atoms with E-state index in [1.165, 1.54) is 18.2 Å². The van der Waals surface area contributed by atoms with E-state index in [2.05, 4.69) is 4.72 Å². The molecule has 1 aromatic carbocycles. The van der Waals surface area contributed by atoms with Crippen LogP contribution in [-0.4, -0.2) is 26.0 Å². The van der Waals surface area contributed by atoms with Crippen LogP contribution in [0.3, 0.4) is 0 Å². The van der Waals surface area contributed by atoms with Gasteiger partial charge in [-0.3, -0.25) is 0 Å². The van der Waals surface area contributed by atoms with Crippen LogP contribution in [0.15, 0.2) is 23.1 Å². The minimum atomic E-state index is -3.68. The third kappa shape index (κ3) is 4.13. The van der Waals surface area contributed by atoms with Gasteiger partial charge in [0.25, 0.3) is 0 Å². The zero-order valence-corrected chi connectivity index (χ0v) is 14.1. The molecule has 0 aliphatic rings. The molecule has 0 aliphatic heterocycles. The smallest absolute Gasteiger partial charge is 0.242 e. The molecule has 0 amide bonds.